The molecule has 0 bridgehead atoms. The van der Waals surface area contributed by atoms with Gasteiger partial charge in [0.15, 0.2) is 0 Å². The van der Waals surface area contributed by atoms with Crippen LogP contribution in [-0.4, -0.2) is 13.0 Å². The van der Waals surface area contributed by atoms with Crippen LogP contribution in [0.2, 0.25) is 5.02 Å². The van der Waals surface area contributed by atoms with Gasteiger partial charge in [0.1, 0.15) is 0 Å². The van der Waals surface area contributed by atoms with Crippen molar-refractivity contribution in [1.29, 1.82) is 0 Å². The molecule has 0 aliphatic rings. The van der Waals surface area contributed by atoms with E-state index < -0.39 is 10.0 Å². The van der Waals surface area contributed by atoms with Crippen LogP contribution in [0.5, 0.6) is 0 Å². The minimum absolute atomic E-state index is 0.130. The number of rotatable bonds is 6. The molecule has 0 radical (unpaired) electrons. The fourth-order valence-electron chi connectivity index (χ4n) is 3.38. The van der Waals surface area contributed by atoms with Crippen LogP contribution in [0.4, 0.5) is 0 Å². The smallest absolute Gasteiger partial charge is 0.294 e. The van der Waals surface area contributed by atoms with E-state index in [2.05, 4.69) is 4.72 Å². The number of sulfonamides is 1. The van der Waals surface area contributed by atoms with Gasteiger partial charge in [-0.15, -0.1) is 0 Å². The van der Waals surface area contributed by atoms with Crippen LogP contribution in [0, 0.1) is 6.92 Å². The topological polar surface area (TPSA) is 68.2 Å². The maximum absolute atomic E-state index is 12.9. The number of halogens is 1. The van der Waals surface area contributed by atoms with E-state index >= 15 is 0 Å². The molecule has 160 valence electrons. The summed E-state index contributed by atoms with van der Waals surface area (Å²) in [5, 5.41) is 0.585. The number of aromatic nitrogens is 1. The van der Waals surface area contributed by atoms with Crippen molar-refractivity contribution >= 4 is 43.2 Å². The number of aryl methyl sites for hydroxylation is 1. The summed E-state index contributed by atoms with van der Waals surface area (Å²) in [5.41, 5.74) is 3.50. The van der Waals surface area contributed by atoms with Crippen molar-refractivity contribution in [2.24, 2.45) is 0 Å². The lowest BCUT2D eigenvalue weighted by Gasteiger charge is -2.15. The molecule has 0 fully saturated rings. The third kappa shape index (κ3) is 4.60. The third-order valence-corrected chi connectivity index (χ3v) is 7.99. The summed E-state index contributed by atoms with van der Waals surface area (Å²) in [6, 6.07) is 19.4. The Morgan fingerprint density at radius 2 is 1.77 bits per heavy atom. The van der Waals surface area contributed by atoms with Crippen LogP contribution in [-0.2, 0) is 16.6 Å². The Morgan fingerprint density at radius 1 is 1.06 bits per heavy atom. The summed E-state index contributed by atoms with van der Waals surface area (Å²) in [7, 11) is -3.75. The van der Waals surface area contributed by atoms with E-state index in [0.717, 1.165) is 28.0 Å². The molecule has 0 unspecified atom stereocenters. The van der Waals surface area contributed by atoms with Gasteiger partial charge in [0.2, 0.25) is 10.0 Å². The number of nitrogens with zero attached hydrogens (tertiary/aromatic N) is 1. The monoisotopic (exact) mass is 472 g/mol. The van der Waals surface area contributed by atoms with Gasteiger partial charge in [-0.3, -0.25) is 9.36 Å². The standard InChI is InChI=1S/C23H21ClN2O3S2/c1-15-7-9-17(10-8-15)16(2)25-31(28,29)19-11-12-21-22(13-19)30-23(27)26(21)14-18-5-3-4-6-20(18)24/h3-13,16,25H,14H2,1-2H3/t16-/m0/s1. The van der Waals surface area contributed by atoms with Crippen molar-refractivity contribution in [2.75, 3.05) is 0 Å². The van der Waals surface area contributed by atoms with Crippen molar-refractivity contribution in [2.45, 2.75) is 31.3 Å². The lowest BCUT2D eigenvalue weighted by molar-refractivity contribution is 0.567. The molecule has 1 aromatic heterocycles. The summed E-state index contributed by atoms with van der Waals surface area (Å²) >= 11 is 7.26. The van der Waals surface area contributed by atoms with Crippen molar-refractivity contribution < 1.29 is 8.42 Å². The first-order valence-electron chi connectivity index (χ1n) is 9.70. The zero-order valence-corrected chi connectivity index (χ0v) is 19.4. The lowest BCUT2D eigenvalue weighted by Crippen LogP contribution is -2.26. The summed E-state index contributed by atoms with van der Waals surface area (Å²) < 4.78 is 30.8. The van der Waals surface area contributed by atoms with Gasteiger partial charge < -0.3 is 0 Å². The molecular formula is C23H21ClN2O3S2. The molecule has 31 heavy (non-hydrogen) atoms. The number of fused-ring (bicyclic) bond motifs is 1. The number of benzene rings is 3. The highest BCUT2D eigenvalue weighted by atomic mass is 35.5. The second kappa shape index (κ2) is 8.59. The Bertz CT molecular complexity index is 1410. The molecule has 0 aliphatic carbocycles. The van der Waals surface area contributed by atoms with Crippen molar-refractivity contribution in [3.05, 3.63) is 98.1 Å². The Morgan fingerprint density at radius 3 is 2.48 bits per heavy atom. The molecule has 3 aromatic carbocycles. The van der Waals surface area contributed by atoms with E-state index in [1.807, 2.05) is 49.4 Å². The highest BCUT2D eigenvalue weighted by molar-refractivity contribution is 7.89. The van der Waals surface area contributed by atoms with Crippen LogP contribution in [0.25, 0.3) is 10.2 Å². The fourth-order valence-corrected chi connectivity index (χ4v) is 5.84. The molecule has 0 spiro atoms. The molecule has 1 heterocycles. The van der Waals surface area contributed by atoms with Crippen LogP contribution in [0.3, 0.4) is 0 Å². The van der Waals surface area contributed by atoms with E-state index in [9.17, 15) is 13.2 Å². The van der Waals surface area contributed by atoms with E-state index in [0.29, 0.717) is 21.8 Å². The summed E-state index contributed by atoms with van der Waals surface area (Å²) in [4.78, 5) is 12.5. The van der Waals surface area contributed by atoms with Gasteiger partial charge in [-0.1, -0.05) is 71.0 Å². The molecule has 5 nitrogen and oxygen atoms in total. The Balaban J connectivity index is 1.64. The average Bonchev–Trinajstić information content (AvgIpc) is 3.04. The summed E-state index contributed by atoms with van der Waals surface area (Å²) in [6.45, 7) is 4.11. The van der Waals surface area contributed by atoms with E-state index in [4.69, 9.17) is 11.6 Å². The molecule has 8 heteroatoms. The highest BCUT2D eigenvalue weighted by Crippen LogP contribution is 2.25. The molecular weight excluding hydrogens is 452 g/mol. The molecule has 0 saturated heterocycles. The zero-order valence-electron chi connectivity index (χ0n) is 17.0. The quantitative estimate of drug-likeness (QED) is 0.424. The van der Waals surface area contributed by atoms with Crippen LogP contribution >= 0.6 is 22.9 Å². The normalized spacial score (nSPS) is 12.9. The molecule has 0 aliphatic heterocycles. The first-order valence-corrected chi connectivity index (χ1v) is 12.4. The van der Waals surface area contributed by atoms with Gasteiger partial charge in [-0.05, 0) is 49.2 Å². The number of thiazole rings is 1. The molecule has 1 atom stereocenters. The average molecular weight is 473 g/mol. The first-order chi connectivity index (χ1) is 14.7. The maximum Gasteiger partial charge on any atom is 0.308 e. The predicted molar refractivity (Wildman–Crippen MR) is 127 cm³/mol. The predicted octanol–water partition coefficient (Wildman–Crippen LogP) is 5.11. The van der Waals surface area contributed by atoms with Crippen LogP contribution in [0.1, 0.15) is 29.7 Å². The summed E-state index contributed by atoms with van der Waals surface area (Å²) in [6.07, 6.45) is 0. The van der Waals surface area contributed by atoms with Gasteiger partial charge >= 0.3 is 4.87 Å². The van der Waals surface area contributed by atoms with Gasteiger partial charge in [0.05, 0.1) is 21.7 Å². The fraction of sp³-hybridized carbons (Fsp3) is 0.174. The molecule has 0 saturated carbocycles. The van der Waals surface area contributed by atoms with E-state index in [1.54, 1.807) is 29.7 Å². The van der Waals surface area contributed by atoms with Crippen molar-refractivity contribution in [1.82, 2.24) is 9.29 Å². The van der Waals surface area contributed by atoms with Gasteiger partial charge in [0.25, 0.3) is 0 Å². The molecule has 0 amide bonds. The maximum atomic E-state index is 12.9. The SMILES string of the molecule is Cc1ccc([C@H](C)NS(=O)(=O)c2ccc3c(c2)sc(=O)n3Cc2ccccc2Cl)cc1. The van der Waals surface area contributed by atoms with Gasteiger partial charge in [-0.25, -0.2) is 13.1 Å². The Kier molecular flexibility index (Phi) is 6.03. The minimum Gasteiger partial charge on any atom is -0.294 e. The third-order valence-electron chi connectivity index (χ3n) is 5.15. The number of hydrogen-bond donors (Lipinski definition) is 1. The number of hydrogen-bond acceptors (Lipinski definition) is 4. The van der Waals surface area contributed by atoms with Crippen molar-refractivity contribution in [3.8, 4) is 0 Å². The van der Waals surface area contributed by atoms with Gasteiger partial charge in [0, 0.05) is 11.1 Å². The Labute approximate surface area is 190 Å². The minimum atomic E-state index is -3.75. The van der Waals surface area contributed by atoms with E-state index in [-0.39, 0.29) is 15.8 Å². The molecule has 4 rings (SSSR count). The first kappa shape index (κ1) is 21.8. The molecule has 4 aromatic rings. The largest absolute Gasteiger partial charge is 0.308 e. The highest BCUT2D eigenvalue weighted by Gasteiger charge is 2.20. The zero-order chi connectivity index (χ0) is 22.2. The number of nitrogens with one attached hydrogen (secondary N) is 1. The summed E-state index contributed by atoms with van der Waals surface area (Å²) in [5.74, 6) is 0. The van der Waals surface area contributed by atoms with Crippen LogP contribution in [0.15, 0.2) is 76.4 Å². The van der Waals surface area contributed by atoms with Gasteiger partial charge in [-0.2, -0.15) is 0 Å². The second-order valence-corrected chi connectivity index (χ2v) is 10.5. The molecule has 1 N–H and O–H groups in total. The van der Waals surface area contributed by atoms with E-state index in [1.165, 1.54) is 6.07 Å². The lowest BCUT2D eigenvalue weighted by atomic mass is 10.1. The Hall–Kier alpha value is -2.45. The van der Waals surface area contributed by atoms with Crippen LogP contribution < -0.4 is 9.60 Å². The second-order valence-electron chi connectivity index (χ2n) is 7.43. The van der Waals surface area contributed by atoms with Crippen molar-refractivity contribution in [3.63, 3.8) is 0 Å².